The number of carbonyl (C=O) groups is 2. The van der Waals surface area contributed by atoms with Gasteiger partial charge >= 0.3 is 0 Å². The van der Waals surface area contributed by atoms with Crippen molar-refractivity contribution in [1.29, 1.82) is 0 Å². The van der Waals surface area contributed by atoms with Gasteiger partial charge in [-0.15, -0.1) is 0 Å². The number of rotatable bonds is 9. The van der Waals surface area contributed by atoms with E-state index in [1.807, 2.05) is 30.3 Å². The summed E-state index contributed by atoms with van der Waals surface area (Å²) in [4.78, 5) is 29.6. The summed E-state index contributed by atoms with van der Waals surface area (Å²) in [5.41, 5.74) is 0.701. The Balaban J connectivity index is 1.32. The van der Waals surface area contributed by atoms with Crippen molar-refractivity contribution in [3.05, 3.63) is 35.9 Å². The molecule has 2 unspecified atom stereocenters. The van der Waals surface area contributed by atoms with E-state index in [0.717, 1.165) is 45.1 Å². The fourth-order valence-electron chi connectivity index (χ4n) is 6.11. The van der Waals surface area contributed by atoms with E-state index in [9.17, 15) is 19.8 Å². The van der Waals surface area contributed by atoms with E-state index < -0.39 is 12.7 Å². The minimum Gasteiger partial charge on any atom is -0.393 e. The number of nitrogens with zero attached hydrogens (tertiary/aromatic N) is 2. The lowest BCUT2D eigenvalue weighted by atomic mass is 9.89. The molecule has 2 aliphatic heterocycles. The van der Waals surface area contributed by atoms with Crippen molar-refractivity contribution < 1.29 is 19.8 Å². The molecule has 3 fully saturated rings. The number of carbonyl (C=O) groups excluding carboxylic acids is 2. The van der Waals surface area contributed by atoms with Gasteiger partial charge in [0.2, 0.25) is 0 Å². The number of aliphatic hydroxyl groups excluding tert-OH is 2. The first-order valence-corrected chi connectivity index (χ1v) is 12.7. The van der Waals surface area contributed by atoms with Crippen LogP contribution in [-0.2, 0) is 4.79 Å². The highest BCUT2D eigenvalue weighted by Gasteiger charge is 2.41. The van der Waals surface area contributed by atoms with Crippen molar-refractivity contribution in [2.24, 2.45) is 5.92 Å². The lowest BCUT2D eigenvalue weighted by Crippen LogP contribution is -2.53. The smallest absolute Gasteiger partial charge is 0.253 e. The van der Waals surface area contributed by atoms with E-state index in [2.05, 4.69) is 10.2 Å². The van der Waals surface area contributed by atoms with Crippen molar-refractivity contribution in [2.75, 3.05) is 26.2 Å². The third-order valence-corrected chi connectivity index (χ3v) is 7.86. The van der Waals surface area contributed by atoms with Crippen LogP contribution in [-0.4, -0.2) is 82.3 Å². The zero-order chi connectivity index (χ0) is 23.2. The highest BCUT2D eigenvalue weighted by atomic mass is 16.3. The molecule has 3 atom stereocenters. The summed E-state index contributed by atoms with van der Waals surface area (Å²) in [5, 5.41) is 22.5. The molecule has 2 bridgehead atoms. The Labute approximate surface area is 197 Å². The average Bonchev–Trinajstić information content (AvgIpc) is 3.09. The van der Waals surface area contributed by atoms with E-state index in [-0.39, 0.29) is 17.9 Å². The summed E-state index contributed by atoms with van der Waals surface area (Å²) in [6.45, 7) is 1.51. The summed E-state index contributed by atoms with van der Waals surface area (Å²) in [5.74, 6) is 0.139. The molecule has 2 saturated heterocycles. The SMILES string of the molecule is O=C(NC1CC2CCC(C1)N2CCN(CC1CCCCC1)C(=O)[C@@H](O)CO)c1ccccc1. The fraction of sp³-hybridized carbons (Fsp3) is 0.692. The van der Waals surface area contributed by atoms with Crippen LogP contribution in [0.3, 0.4) is 0 Å². The van der Waals surface area contributed by atoms with Gasteiger partial charge in [0.15, 0.2) is 6.10 Å². The molecule has 1 aromatic carbocycles. The van der Waals surface area contributed by atoms with Gasteiger partial charge in [-0.3, -0.25) is 14.5 Å². The third-order valence-electron chi connectivity index (χ3n) is 7.86. The van der Waals surface area contributed by atoms with Gasteiger partial charge in [0.05, 0.1) is 6.61 Å². The van der Waals surface area contributed by atoms with Gasteiger partial charge in [0.25, 0.3) is 11.8 Å². The van der Waals surface area contributed by atoms with E-state index in [1.165, 1.54) is 19.3 Å². The molecule has 3 N–H and O–H groups in total. The Morgan fingerprint density at radius 1 is 1.03 bits per heavy atom. The number of fused-ring (bicyclic) bond motifs is 2. The number of nitrogens with one attached hydrogen (secondary N) is 1. The van der Waals surface area contributed by atoms with Gasteiger partial charge in [-0.05, 0) is 56.6 Å². The second-order valence-electron chi connectivity index (χ2n) is 10.1. The van der Waals surface area contributed by atoms with E-state index in [0.29, 0.717) is 36.7 Å². The molecular weight excluding hydrogens is 418 g/mol. The molecule has 4 rings (SSSR count). The molecule has 1 aromatic rings. The molecule has 1 saturated carbocycles. The van der Waals surface area contributed by atoms with Crippen molar-refractivity contribution in [3.8, 4) is 0 Å². The van der Waals surface area contributed by atoms with Crippen LogP contribution in [0, 0.1) is 5.92 Å². The monoisotopic (exact) mass is 457 g/mol. The van der Waals surface area contributed by atoms with E-state index in [4.69, 9.17) is 0 Å². The molecule has 7 heteroatoms. The molecule has 3 aliphatic rings. The number of amides is 2. The Kier molecular flexibility index (Phi) is 8.39. The Morgan fingerprint density at radius 2 is 1.70 bits per heavy atom. The lowest BCUT2D eigenvalue weighted by Gasteiger charge is -2.40. The average molecular weight is 458 g/mol. The van der Waals surface area contributed by atoms with Crippen LogP contribution in [0.4, 0.5) is 0 Å². The van der Waals surface area contributed by atoms with Crippen molar-refractivity contribution in [3.63, 3.8) is 0 Å². The maximum Gasteiger partial charge on any atom is 0.253 e. The molecular formula is C26H39N3O4. The van der Waals surface area contributed by atoms with Crippen LogP contribution in [0.2, 0.25) is 0 Å². The standard InChI is InChI=1S/C26H39N3O4/c30-18-24(31)26(33)28(17-19-7-3-1-4-8-19)13-14-29-22-11-12-23(29)16-21(15-22)27-25(32)20-9-5-2-6-10-20/h2,5-6,9-10,19,21-24,30-31H,1,3-4,7-8,11-18H2,(H,27,32)/t21?,22?,23?,24-/m0/s1. The first-order valence-electron chi connectivity index (χ1n) is 12.7. The zero-order valence-corrected chi connectivity index (χ0v) is 19.6. The Morgan fingerprint density at radius 3 is 2.33 bits per heavy atom. The molecule has 1 aliphatic carbocycles. The Bertz CT molecular complexity index is 769. The molecule has 2 heterocycles. The summed E-state index contributed by atoms with van der Waals surface area (Å²) in [6.07, 6.45) is 8.75. The van der Waals surface area contributed by atoms with Gasteiger partial charge in [-0.1, -0.05) is 37.5 Å². The van der Waals surface area contributed by atoms with E-state index >= 15 is 0 Å². The maximum absolute atomic E-state index is 12.8. The second kappa shape index (κ2) is 11.4. The van der Waals surface area contributed by atoms with Crippen LogP contribution in [0.25, 0.3) is 0 Å². The highest BCUT2D eigenvalue weighted by Crippen LogP contribution is 2.35. The first kappa shape index (κ1) is 24.2. The normalized spacial score (nSPS) is 26.7. The van der Waals surface area contributed by atoms with Crippen LogP contribution >= 0.6 is 0 Å². The molecule has 2 amide bonds. The number of aliphatic hydroxyl groups is 2. The summed E-state index contributed by atoms with van der Waals surface area (Å²) in [7, 11) is 0. The van der Waals surface area contributed by atoms with Crippen LogP contribution in [0.15, 0.2) is 30.3 Å². The van der Waals surface area contributed by atoms with Gasteiger partial charge < -0.3 is 20.4 Å². The predicted octanol–water partition coefficient (Wildman–Crippen LogP) is 2.17. The lowest BCUT2D eigenvalue weighted by molar-refractivity contribution is -0.143. The first-order chi connectivity index (χ1) is 16.0. The number of piperidine rings is 1. The van der Waals surface area contributed by atoms with Crippen molar-refractivity contribution in [2.45, 2.75) is 82.0 Å². The minimum atomic E-state index is -1.33. The van der Waals surface area contributed by atoms with Crippen molar-refractivity contribution >= 4 is 11.8 Å². The van der Waals surface area contributed by atoms with Gasteiger partial charge in [0.1, 0.15) is 0 Å². The highest BCUT2D eigenvalue weighted by molar-refractivity contribution is 5.94. The number of hydrogen-bond acceptors (Lipinski definition) is 5. The fourth-order valence-corrected chi connectivity index (χ4v) is 6.11. The van der Waals surface area contributed by atoms with Crippen molar-refractivity contribution in [1.82, 2.24) is 15.1 Å². The third kappa shape index (κ3) is 6.14. The van der Waals surface area contributed by atoms with E-state index in [1.54, 1.807) is 4.90 Å². The molecule has 0 aromatic heterocycles. The largest absolute Gasteiger partial charge is 0.393 e. The summed E-state index contributed by atoms with van der Waals surface area (Å²) in [6, 6.07) is 10.4. The van der Waals surface area contributed by atoms with Gasteiger partial charge in [0, 0.05) is 43.3 Å². The molecule has 182 valence electrons. The maximum atomic E-state index is 12.8. The van der Waals surface area contributed by atoms with Gasteiger partial charge in [-0.25, -0.2) is 0 Å². The van der Waals surface area contributed by atoms with Gasteiger partial charge in [-0.2, -0.15) is 0 Å². The summed E-state index contributed by atoms with van der Waals surface area (Å²) >= 11 is 0. The predicted molar refractivity (Wildman–Crippen MR) is 127 cm³/mol. The second-order valence-corrected chi connectivity index (χ2v) is 10.1. The topological polar surface area (TPSA) is 93.1 Å². The Hall–Kier alpha value is -1.96. The van der Waals surface area contributed by atoms with Crippen LogP contribution in [0.1, 0.15) is 68.1 Å². The molecule has 0 spiro atoms. The quantitative estimate of drug-likeness (QED) is 0.529. The van der Waals surface area contributed by atoms with Crippen LogP contribution in [0.5, 0.6) is 0 Å². The molecule has 7 nitrogen and oxygen atoms in total. The summed E-state index contributed by atoms with van der Waals surface area (Å²) < 4.78 is 0. The minimum absolute atomic E-state index is 0.00399. The number of hydrogen-bond donors (Lipinski definition) is 3. The molecule has 33 heavy (non-hydrogen) atoms. The van der Waals surface area contributed by atoms with Crippen LogP contribution < -0.4 is 5.32 Å². The number of benzene rings is 1. The molecule has 0 radical (unpaired) electrons. The zero-order valence-electron chi connectivity index (χ0n) is 19.6.